The highest BCUT2D eigenvalue weighted by Crippen LogP contribution is 2.21. The SMILES string of the molecule is Cl.Cl.c1cc(C2CCCCN2)ccn1. The Balaban J connectivity index is 0.000000845. The number of hydrogen-bond acceptors (Lipinski definition) is 2. The Morgan fingerprint density at radius 2 is 1.86 bits per heavy atom. The maximum Gasteiger partial charge on any atom is 0.0321 e. The summed E-state index contributed by atoms with van der Waals surface area (Å²) in [5, 5.41) is 3.51. The van der Waals surface area contributed by atoms with Gasteiger partial charge in [-0.05, 0) is 37.1 Å². The van der Waals surface area contributed by atoms with Crippen LogP contribution in [0, 0.1) is 0 Å². The maximum absolute atomic E-state index is 4.01. The van der Waals surface area contributed by atoms with Crippen molar-refractivity contribution >= 4 is 24.8 Å². The van der Waals surface area contributed by atoms with Crippen LogP contribution in [-0.2, 0) is 0 Å². The van der Waals surface area contributed by atoms with Gasteiger partial charge >= 0.3 is 0 Å². The summed E-state index contributed by atoms with van der Waals surface area (Å²) in [6, 6.07) is 4.77. The molecule has 1 saturated heterocycles. The van der Waals surface area contributed by atoms with E-state index >= 15 is 0 Å². The number of piperidine rings is 1. The van der Waals surface area contributed by atoms with Gasteiger partial charge in [0.05, 0.1) is 0 Å². The summed E-state index contributed by atoms with van der Waals surface area (Å²) >= 11 is 0. The Morgan fingerprint density at radius 3 is 2.43 bits per heavy atom. The molecule has 1 aromatic heterocycles. The fourth-order valence-corrected chi connectivity index (χ4v) is 1.73. The van der Waals surface area contributed by atoms with Gasteiger partial charge in [-0.15, -0.1) is 24.8 Å². The van der Waals surface area contributed by atoms with Gasteiger partial charge in [0.15, 0.2) is 0 Å². The van der Waals surface area contributed by atoms with Crippen molar-refractivity contribution in [3.8, 4) is 0 Å². The molecule has 0 saturated carbocycles. The zero-order valence-corrected chi connectivity index (χ0v) is 9.61. The first-order valence-electron chi connectivity index (χ1n) is 4.60. The lowest BCUT2D eigenvalue weighted by Gasteiger charge is -2.23. The summed E-state index contributed by atoms with van der Waals surface area (Å²) in [6.07, 6.45) is 7.67. The van der Waals surface area contributed by atoms with E-state index in [9.17, 15) is 0 Å². The lowest BCUT2D eigenvalue weighted by Crippen LogP contribution is -2.26. The first-order valence-corrected chi connectivity index (χ1v) is 4.60. The van der Waals surface area contributed by atoms with E-state index < -0.39 is 0 Å². The number of rotatable bonds is 1. The molecule has 4 heteroatoms. The molecule has 2 nitrogen and oxygen atoms in total. The van der Waals surface area contributed by atoms with Crippen molar-refractivity contribution in [2.24, 2.45) is 0 Å². The second kappa shape index (κ2) is 7.04. The van der Waals surface area contributed by atoms with Crippen LogP contribution < -0.4 is 5.32 Å². The van der Waals surface area contributed by atoms with E-state index in [1.54, 1.807) is 0 Å². The van der Waals surface area contributed by atoms with Crippen LogP contribution >= 0.6 is 24.8 Å². The lowest BCUT2D eigenvalue weighted by atomic mass is 9.99. The van der Waals surface area contributed by atoms with Crippen LogP contribution in [0.3, 0.4) is 0 Å². The van der Waals surface area contributed by atoms with Gasteiger partial charge in [0, 0.05) is 18.4 Å². The molecular weight excluding hydrogens is 219 g/mol. The Morgan fingerprint density at radius 1 is 1.14 bits per heavy atom. The van der Waals surface area contributed by atoms with E-state index in [-0.39, 0.29) is 24.8 Å². The fraction of sp³-hybridized carbons (Fsp3) is 0.500. The van der Waals surface area contributed by atoms with Crippen molar-refractivity contribution in [2.45, 2.75) is 25.3 Å². The Hall–Kier alpha value is -0.310. The minimum atomic E-state index is 0. The summed E-state index contributed by atoms with van der Waals surface area (Å²) in [6.45, 7) is 1.16. The number of nitrogens with one attached hydrogen (secondary N) is 1. The Labute approximate surface area is 97.3 Å². The van der Waals surface area contributed by atoms with Crippen molar-refractivity contribution in [1.82, 2.24) is 10.3 Å². The minimum Gasteiger partial charge on any atom is -0.310 e. The van der Waals surface area contributed by atoms with Crippen molar-refractivity contribution in [1.29, 1.82) is 0 Å². The molecule has 1 aliphatic rings. The first kappa shape index (κ1) is 13.7. The molecule has 0 aliphatic carbocycles. The van der Waals surface area contributed by atoms with Gasteiger partial charge in [-0.25, -0.2) is 0 Å². The summed E-state index contributed by atoms with van der Waals surface area (Å²) in [4.78, 5) is 4.01. The average molecular weight is 235 g/mol. The third-order valence-corrected chi connectivity index (χ3v) is 2.42. The van der Waals surface area contributed by atoms with E-state index in [0.29, 0.717) is 6.04 Å². The molecular formula is C10H16Cl2N2. The van der Waals surface area contributed by atoms with Crippen LogP contribution in [0.15, 0.2) is 24.5 Å². The summed E-state index contributed by atoms with van der Waals surface area (Å²) in [5.74, 6) is 0. The maximum atomic E-state index is 4.01. The second-order valence-electron chi connectivity index (χ2n) is 3.28. The Kier molecular flexibility index (Phi) is 6.89. The first-order chi connectivity index (χ1) is 5.97. The van der Waals surface area contributed by atoms with E-state index in [4.69, 9.17) is 0 Å². The van der Waals surface area contributed by atoms with Gasteiger partial charge < -0.3 is 5.32 Å². The average Bonchev–Trinajstić information content (AvgIpc) is 2.21. The highest BCUT2D eigenvalue weighted by atomic mass is 35.5. The van der Waals surface area contributed by atoms with Crippen LogP contribution in [0.2, 0.25) is 0 Å². The number of aromatic nitrogens is 1. The number of halogens is 2. The molecule has 80 valence electrons. The zero-order chi connectivity index (χ0) is 8.23. The molecule has 14 heavy (non-hydrogen) atoms. The summed E-state index contributed by atoms with van der Waals surface area (Å²) < 4.78 is 0. The van der Waals surface area contributed by atoms with E-state index in [1.165, 1.54) is 24.8 Å². The number of hydrogen-bond donors (Lipinski definition) is 1. The molecule has 1 fully saturated rings. The molecule has 1 unspecified atom stereocenters. The van der Waals surface area contributed by atoms with Crippen molar-refractivity contribution < 1.29 is 0 Å². The van der Waals surface area contributed by atoms with Gasteiger partial charge in [0.25, 0.3) is 0 Å². The van der Waals surface area contributed by atoms with Crippen molar-refractivity contribution in [2.75, 3.05) is 6.54 Å². The smallest absolute Gasteiger partial charge is 0.0321 e. The van der Waals surface area contributed by atoms with Crippen molar-refractivity contribution in [3.63, 3.8) is 0 Å². The van der Waals surface area contributed by atoms with Crippen LogP contribution in [-0.4, -0.2) is 11.5 Å². The molecule has 1 aromatic rings. The molecule has 1 aliphatic heterocycles. The van der Waals surface area contributed by atoms with Crippen LogP contribution in [0.1, 0.15) is 30.9 Å². The van der Waals surface area contributed by atoms with E-state index in [2.05, 4.69) is 22.4 Å². The summed E-state index contributed by atoms with van der Waals surface area (Å²) in [7, 11) is 0. The molecule has 0 aromatic carbocycles. The molecule has 0 spiro atoms. The molecule has 2 rings (SSSR count). The molecule has 0 amide bonds. The molecule has 0 bridgehead atoms. The quantitative estimate of drug-likeness (QED) is 0.809. The third-order valence-electron chi connectivity index (χ3n) is 2.42. The van der Waals surface area contributed by atoms with Crippen molar-refractivity contribution in [3.05, 3.63) is 30.1 Å². The highest BCUT2D eigenvalue weighted by molar-refractivity contribution is 5.85. The number of pyridine rings is 1. The molecule has 1 N–H and O–H groups in total. The number of nitrogens with zero attached hydrogens (tertiary/aromatic N) is 1. The zero-order valence-electron chi connectivity index (χ0n) is 7.98. The van der Waals surface area contributed by atoms with Crippen LogP contribution in [0.25, 0.3) is 0 Å². The monoisotopic (exact) mass is 234 g/mol. The van der Waals surface area contributed by atoms with Gasteiger partial charge in [0.1, 0.15) is 0 Å². The largest absolute Gasteiger partial charge is 0.310 e. The van der Waals surface area contributed by atoms with Crippen LogP contribution in [0.4, 0.5) is 0 Å². The topological polar surface area (TPSA) is 24.9 Å². The predicted molar refractivity (Wildman–Crippen MR) is 63.3 cm³/mol. The fourth-order valence-electron chi connectivity index (χ4n) is 1.73. The molecule has 1 atom stereocenters. The van der Waals surface area contributed by atoms with Gasteiger partial charge in [-0.2, -0.15) is 0 Å². The van der Waals surface area contributed by atoms with Gasteiger partial charge in [-0.1, -0.05) is 6.42 Å². The van der Waals surface area contributed by atoms with E-state index in [1.807, 2.05) is 12.4 Å². The normalized spacial score (nSPS) is 20.4. The van der Waals surface area contributed by atoms with Crippen LogP contribution in [0.5, 0.6) is 0 Å². The second-order valence-corrected chi connectivity index (χ2v) is 3.28. The molecule has 2 heterocycles. The highest BCUT2D eigenvalue weighted by Gasteiger charge is 2.13. The lowest BCUT2D eigenvalue weighted by molar-refractivity contribution is 0.412. The third kappa shape index (κ3) is 3.45. The van der Waals surface area contributed by atoms with Gasteiger partial charge in [0.2, 0.25) is 0 Å². The minimum absolute atomic E-state index is 0. The molecule has 0 radical (unpaired) electrons. The standard InChI is InChI=1S/C10H14N2.2ClH/c1-2-6-12-10(3-1)9-4-7-11-8-5-9;;/h4-5,7-8,10,12H,1-3,6H2;2*1H. The van der Waals surface area contributed by atoms with E-state index in [0.717, 1.165) is 6.54 Å². The van der Waals surface area contributed by atoms with Gasteiger partial charge in [-0.3, -0.25) is 4.98 Å². The Bertz CT molecular complexity index is 235. The predicted octanol–water partition coefficient (Wildman–Crippen LogP) is 2.74. The summed E-state index contributed by atoms with van der Waals surface area (Å²) in [5.41, 5.74) is 1.38.